The summed E-state index contributed by atoms with van der Waals surface area (Å²) in [6, 6.07) is -2.34. The van der Waals surface area contributed by atoms with Crippen LogP contribution in [0.3, 0.4) is 0 Å². The summed E-state index contributed by atoms with van der Waals surface area (Å²) in [4.78, 5) is 20.8. The molecule has 2 N–H and O–H groups in total. The second-order valence-electron chi connectivity index (χ2n) is 8.87. The van der Waals surface area contributed by atoms with E-state index in [1.165, 1.54) is 0 Å². The fourth-order valence-electron chi connectivity index (χ4n) is 5.09. The number of alkyl halides is 3. The fraction of sp³-hybridized carbons (Fsp3) is 0.737. The molecule has 9 nitrogen and oxygen atoms in total. The van der Waals surface area contributed by atoms with Crippen LogP contribution >= 0.6 is 0 Å². The summed E-state index contributed by atoms with van der Waals surface area (Å²) >= 11 is 0. The predicted octanol–water partition coefficient (Wildman–Crippen LogP) is 2.39. The Balaban J connectivity index is 1.40. The summed E-state index contributed by atoms with van der Waals surface area (Å²) in [5.41, 5.74) is -5.72. The van der Waals surface area contributed by atoms with E-state index in [-0.39, 0.29) is 43.4 Å². The summed E-state index contributed by atoms with van der Waals surface area (Å²) in [6.45, 7) is -0.152. The first-order valence-electron chi connectivity index (χ1n) is 10.6. The molecule has 3 unspecified atom stereocenters. The zero-order valence-corrected chi connectivity index (χ0v) is 18.3. The molecule has 2 saturated carbocycles. The van der Waals surface area contributed by atoms with Crippen molar-refractivity contribution in [1.82, 2.24) is 19.6 Å². The normalized spacial score (nSPS) is 32.3. The van der Waals surface area contributed by atoms with Gasteiger partial charge in [0.15, 0.2) is 5.82 Å². The molecule has 0 aromatic carbocycles. The van der Waals surface area contributed by atoms with Crippen LogP contribution in [0.5, 0.6) is 0 Å². The lowest BCUT2D eigenvalue weighted by Crippen LogP contribution is -2.60. The van der Waals surface area contributed by atoms with Crippen LogP contribution in [-0.4, -0.2) is 71.3 Å². The number of nitrogens with one attached hydrogen (secondary N) is 1. The van der Waals surface area contributed by atoms with Crippen LogP contribution in [0.2, 0.25) is 0 Å². The van der Waals surface area contributed by atoms with Crippen molar-refractivity contribution >= 4 is 16.1 Å². The number of hydrogen-bond donors (Lipinski definition) is 2. The quantitative estimate of drug-likeness (QED) is 0.580. The second-order valence-corrected chi connectivity index (χ2v) is 10.6. The van der Waals surface area contributed by atoms with E-state index in [2.05, 4.69) is 9.97 Å². The number of sulfonamides is 1. The van der Waals surface area contributed by atoms with E-state index in [4.69, 9.17) is 4.74 Å². The van der Waals surface area contributed by atoms with Crippen molar-refractivity contribution in [2.24, 2.45) is 5.92 Å². The minimum Gasteiger partial charge on any atom is -0.465 e. The predicted molar refractivity (Wildman–Crippen MR) is 105 cm³/mol. The molecule has 2 heterocycles. The Kier molecular flexibility index (Phi) is 6.29. The van der Waals surface area contributed by atoms with Crippen LogP contribution in [0, 0.1) is 11.7 Å². The maximum atomic E-state index is 13.1. The molecule has 3 aliphatic rings. The van der Waals surface area contributed by atoms with Crippen LogP contribution in [0.15, 0.2) is 12.4 Å². The molecule has 0 spiro atoms. The van der Waals surface area contributed by atoms with Crippen molar-refractivity contribution in [1.29, 1.82) is 0 Å². The highest BCUT2D eigenvalue weighted by Crippen LogP contribution is 2.61. The van der Waals surface area contributed by atoms with Gasteiger partial charge in [-0.2, -0.15) is 13.2 Å². The Hall–Kier alpha value is -2.06. The van der Waals surface area contributed by atoms with E-state index in [0.717, 1.165) is 23.7 Å². The molecule has 1 saturated heterocycles. The zero-order valence-electron chi connectivity index (χ0n) is 17.5. The Bertz CT molecular complexity index is 993. The number of nitrogens with zero attached hydrogens (tertiary/aromatic N) is 3. The highest BCUT2D eigenvalue weighted by atomic mass is 32.2. The lowest BCUT2D eigenvalue weighted by molar-refractivity contribution is -0.0473. The van der Waals surface area contributed by atoms with Gasteiger partial charge in [0.05, 0.1) is 31.1 Å². The molecular formula is C19H24F4N4O5S. The van der Waals surface area contributed by atoms with Gasteiger partial charge in [0.2, 0.25) is 0 Å². The third-order valence-corrected chi connectivity index (χ3v) is 8.12. The van der Waals surface area contributed by atoms with Crippen LogP contribution in [-0.2, 0) is 20.2 Å². The minimum atomic E-state index is -5.63. The number of fused-ring (bicyclic) bond motifs is 1. The first-order valence-corrected chi connectivity index (χ1v) is 12.1. The number of piperidine rings is 1. The van der Waals surface area contributed by atoms with Gasteiger partial charge in [-0.05, 0) is 44.4 Å². The van der Waals surface area contributed by atoms with Crippen LogP contribution in [0.4, 0.5) is 22.4 Å². The molecule has 1 aromatic heterocycles. The molecule has 14 heteroatoms. The maximum absolute atomic E-state index is 13.1. The number of carboxylic acid groups (broad SMARTS) is 1. The number of carbonyl (C=O) groups is 1. The minimum absolute atomic E-state index is 0.0609. The molecule has 4 rings (SSSR count). The number of aromatic nitrogens is 2. The van der Waals surface area contributed by atoms with Gasteiger partial charge in [-0.3, -0.25) is 0 Å². The number of ether oxygens (including phenoxy) is 1. The average molecular weight is 496 g/mol. The first-order chi connectivity index (χ1) is 15.4. The van der Waals surface area contributed by atoms with Crippen molar-refractivity contribution < 1.29 is 40.6 Å². The lowest BCUT2D eigenvalue weighted by atomic mass is 9.86. The summed E-state index contributed by atoms with van der Waals surface area (Å²) in [6.07, 6.45) is 3.64. The van der Waals surface area contributed by atoms with Gasteiger partial charge in [-0.1, -0.05) is 0 Å². The number of amides is 1. The number of likely N-dealkylation sites (tertiary alicyclic amines) is 1. The van der Waals surface area contributed by atoms with Crippen LogP contribution in [0.1, 0.15) is 44.3 Å². The van der Waals surface area contributed by atoms with Gasteiger partial charge in [0.1, 0.15) is 5.82 Å². The van der Waals surface area contributed by atoms with Crippen molar-refractivity contribution in [3.05, 3.63) is 24.0 Å². The molecule has 1 amide bonds. The molecule has 0 bridgehead atoms. The van der Waals surface area contributed by atoms with E-state index in [1.807, 2.05) is 0 Å². The fourth-order valence-corrected chi connectivity index (χ4v) is 5.90. The van der Waals surface area contributed by atoms with Gasteiger partial charge in [0, 0.05) is 18.0 Å². The summed E-state index contributed by atoms with van der Waals surface area (Å²) in [5, 5.41) is 9.48. The molecular weight excluding hydrogens is 472 g/mol. The molecule has 5 atom stereocenters. The second kappa shape index (κ2) is 8.62. The number of hydrogen-bond acceptors (Lipinski definition) is 6. The topological polar surface area (TPSA) is 122 Å². The Labute approximate surface area is 187 Å². The summed E-state index contributed by atoms with van der Waals surface area (Å²) < 4.78 is 82.4. The molecule has 184 valence electrons. The highest BCUT2D eigenvalue weighted by Gasteiger charge is 2.60. The summed E-state index contributed by atoms with van der Waals surface area (Å²) in [7, 11) is -5.63. The molecule has 0 radical (unpaired) electrons. The Morgan fingerprint density at radius 2 is 2.00 bits per heavy atom. The maximum Gasteiger partial charge on any atom is 0.511 e. The molecule has 1 aromatic rings. The third-order valence-electron chi connectivity index (χ3n) is 6.90. The molecule has 1 aliphatic heterocycles. The van der Waals surface area contributed by atoms with Gasteiger partial charge >= 0.3 is 21.6 Å². The van der Waals surface area contributed by atoms with E-state index < -0.39 is 39.5 Å². The summed E-state index contributed by atoms with van der Waals surface area (Å²) in [5.74, 6) is 0.275. The van der Waals surface area contributed by atoms with Gasteiger partial charge in [0.25, 0.3) is 0 Å². The molecule has 33 heavy (non-hydrogen) atoms. The average Bonchev–Trinajstić information content (AvgIpc) is 3.47. The largest absolute Gasteiger partial charge is 0.511 e. The SMILES string of the molecule is O=C(O)N1CCC[C@H](NS(=O)(=O)C(F)(F)F)[C@@H]1COC1CCC2(c3ncc(F)cn3)CC2C1. The van der Waals surface area contributed by atoms with Gasteiger partial charge in [-0.25, -0.2) is 32.3 Å². The molecule has 3 fully saturated rings. The van der Waals surface area contributed by atoms with Gasteiger partial charge < -0.3 is 14.7 Å². The van der Waals surface area contributed by atoms with Crippen molar-refractivity contribution in [3.8, 4) is 0 Å². The Morgan fingerprint density at radius 1 is 1.30 bits per heavy atom. The van der Waals surface area contributed by atoms with Crippen molar-refractivity contribution in [3.63, 3.8) is 0 Å². The monoisotopic (exact) mass is 496 g/mol. The van der Waals surface area contributed by atoms with Crippen molar-refractivity contribution in [2.75, 3.05) is 13.2 Å². The van der Waals surface area contributed by atoms with Crippen LogP contribution in [0.25, 0.3) is 0 Å². The highest BCUT2D eigenvalue weighted by molar-refractivity contribution is 7.90. The van der Waals surface area contributed by atoms with E-state index >= 15 is 0 Å². The Morgan fingerprint density at radius 3 is 2.61 bits per heavy atom. The number of halogens is 4. The van der Waals surface area contributed by atoms with E-state index in [9.17, 15) is 35.9 Å². The smallest absolute Gasteiger partial charge is 0.465 e. The zero-order chi connectivity index (χ0) is 24.0. The lowest BCUT2D eigenvalue weighted by Gasteiger charge is -2.40. The van der Waals surface area contributed by atoms with Gasteiger partial charge in [-0.15, -0.1) is 0 Å². The number of rotatable bonds is 6. The van der Waals surface area contributed by atoms with E-state index in [1.54, 1.807) is 4.72 Å². The first kappa shape index (κ1) is 24.1. The van der Waals surface area contributed by atoms with Crippen molar-refractivity contribution in [2.45, 2.75) is 67.6 Å². The van der Waals surface area contributed by atoms with E-state index in [0.29, 0.717) is 25.1 Å². The molecule has 2 aliphatic carbocycles. The van der Waals surface area contributed by atoms with Crippen LogP contribution < -0.4 is 4.72 Å². The third kappa shape index (κ3) is 4.78. The standard InChI is InChI=1S/C19H24F4N4O5S/c20-12-8-24-16(25-9-12)18-4-3-13(6-11(18)7-18)32-10-15-14(2-1-5-27(15)17(28)29)26-33(30,31)19(21,22)23/h8-9,11,13-15,26H,1-7,10H2,(H,28,29)/t11?,13?,14-,15-,18?/m0/s1.